The van der Waals surface area contributed by atoms with Crippen LogP contribution >= 0.6 is 11.6 Å². The first kappa shape index (κ1) is 22.8. The van der Waals surface area contributed by atoms with Crippen molar-refractivity contribution < 1.29 is 13.2 Å². The number of halogens is 1. The van der Waals surface area contributed by atoms with Gasteiger partial charge in [-0.2, -0.15) is 0 Å². The SMILES string of the molecule is Cn1cnc(S(=O)(=O)NCCOc2ccc3c(c2)C(Cc2ccc(Cl)cc2)C(N)CC3)c1. The Balaban J connectivity index is 1.41. The number of benzene rings is 2. The summed E-state index contributed by atoms with van der Waals surface area (Å²) in [5.41, 5.74) is 10.2. The maximum absolute atomic E-state index is 12.3. The van der Waals surface area contributed by atoms with Gasteiger partial charge in [-0.3, -0.25) is 0 Å². The molecule has 9 heteroatoms. The number of nitrogens with zero attached hydrogens (tertiary/aromatic N) is 2. The third-order valence-corrected chi connectivity index (χ3v) is 7.37. The standard InChI is InChI=1S/C23H27ClN4O3S/c1-28-14-23(26-15-28)32(29,30)27-10-11-31-19-8-4-17-5-9-22(25)21(20(17)13-19)12-16-2-6-18(24)7-3-16/h2-4,6-8,13-15,21-22,27H,5,9-12,25H2,1H3. The van der Waals surface area contributed by atoms with E-state index < -0.39 is 10.0 Å². The molecule has 4 rings (SSSR count). The number of aromatic nitrogens is 2. The Morgan fingerprint density at radius 3 is 2.75 bits per heavy atom. The van der Waals surface area contributed by atoms with Crippen LogP contribution in [0, 0.1) is 0 Å². The monoisotopic (exact) mass is 474 g/mol. The van der Waals surface area contributed by atoms with Crippen molar-refractivity contribution in [1.82, 2.24) is 14.3 Å². The molecule has 0 saturated carbocycles. The van der Waals surface area contributed by atoms with Crippen LogP contribution in [0.2, 0.25) is 5.02 Å². The number of fused-ring (bicyclic) bond motifs is 1. The average molecular weight is 475 g/mol. The largest absolute Gasteiger partial charge is 0.492 e. The number of nitrogens with two attached hydrogens (primary N) is 1. The zero-order valence-corrected chi connectivity index (χ0v) is 19.4. The lowest BCUT2D eigenvalue weighted by atomic mass is 9.76. The topological polar surface area (TPSA) is 99.2 Å². The molecule has 1 aromatic heterocycles. The van der Waals surface area contributed by atoms with Crippen molar-refractivity contribution in [2.45, 2.75) is 36.2 Å². The van der Waals surface area contributed by atoms with Gasteiger partial charge in [0.05, 0.1) is 6.33 Å². The first-order valence-electron chi connectivity index (χ1n) is 10.5. The summed E-state index contributed by atoms with van der Waals surface area (Å²) in [5, 5.41) is 0.712. The van der Waals surface area contributed by atoms with Crippen LogP contribution in [0.1, 0.15) is 29.0 Å². The van der Waals surface area contributed by atoms with E-state index in [1.54, 1.807) is 11.6 Å². The number of rotatable bonds is 8. The van der Waals surface area contributed by atoms with Gasteiger partial charge in [0.2, 0.25) is 0 Å². The Morgan fingerprint density at radius 1 is 1.25 bits per heavy atom. The maximum atomic E-state index is 12.3. The second kappa shape index (κ2) is 9.62. The van der Waals surface area contributed by atoms with Crippen molar-refractivity contribution in [2.24, 2.45) is 12.8 Å². The lowest BCUT2D eigenvalue weighted by Crippen LogP contribution is -2.34. The van der Waals surface area contributed by atoms with E-state index >= 15 is 0 Å². The van der Waals surface area contributed by atoms with Gasteiger partial charge >= 0.3 is 0 Å². The van der Waals surface area contributed by atoms with Crippen LogP contribution in [0.15, 0.2) is 60.0 Å². The molecule has 3 N–H and O–H groups in total. The zero-order valence-electron chi connectivity index (χ0n) is 17.9. The Labute approximate surface area is 193 Å². The molecule has 0 aliphatic heterocycles. The van der Waals surface area contributed by atoms with Crippen LogP contribution in [0.25, 0.3) is 0 Å². The summed E-state index contributed by atoms with van der Waals surface area (Å²) in [6.45, 7) is 0.350. The van der Waals surface area contributed by atoms with Crippen molar-refractivity contribution in [3.05, 3.63) is 76.7 Å². The van der Waals surface area contributed by atoms with Crippen LogP contribution in [-0.2, 0) is 29.9 Å². The minimum Gasteiger partial charge on any atom is -0.492 e. The third-order valence-electron chi connectivity index (χ3n) is 5.77. The number of aryl methyl sites for hydroxylation is 2. The minimum atomic E-state index is -3.65. The first-order chi connectivity index (χ1) is 15.3. The van der Waals surface area contributed by atoms with E-state index in [1.807, 2.05) is 36.4 Å². The Bertz CT molecular complexity index is 1180. The molecule has 0 radical (unpaired) electrons. The molecule has 3 aromatic rings. The molecule has 2 atom stereocenters. The van der Waals surface area contributed by atoms with Crippen LogP contribution < -0.4 is 15.2 Å². The fourth-order valence-electron chi connectivity index (χ4n) is 4.07. The van der Waals surface area contributed by atoms with Gasteiger partial charge in [-0.25, -0.2) is 18.1 Å². The van der Waals surface area contributed by atoms with E-state index in [2.05, 4.69) is 15.8 Å². The summed E-state index contributed by atoms with van der Waals surface area (Å²) >= 11 is 6.02. The van der Waals surface area contributed by atoms with Crippen LogP contribution in [0.3, 0.4) is 0 Å². The lowest BCUT2D eigenvalue weighted by Gasteiger charge is -2.32. The highest BCUT2D eigenvalue weighted by molar-refractivity contribution is 7.89. The lowest BCUT2D eigenvalue weighted by molar-refractivity contribution is 0.321. The number of nitrogens with one attached hydrogen (secondary N) is 1. The molecular weight excluding hydrogens is 448 g/mol. The molecule has 7 nitrogen and oxygen atoms in total. The molecule has 1 aliphatic carbocycles. The minimum absolute atomic E-state index is 0.00666. The predicted molar refractivity (Wildman–Crippen MR) is 125 cm³/mol. The van der Waals surface area contributed by atoms with Gasteiger partial charge in [-0.15, -0.1) is 0 Å². The van der Waals surface area contributed by atoms with Gasteiger partial charge in [0.1, 0.15) is 12.4 Å². The van der Waals surface area contributed by atoms with Crippen LogP contribution in [0.4, 0.5) is 0 Å². The average Bonchev–Trinajstić information content (AvgIpc) is 3.22. The Hall–Kier alpha value is -2.39. The number of hydrogen-bond acceptors (Lipinski definition) is 5. The second-order valence-corrected chi connectivity index (χ2v) is 10.3. The highest BCUT2D eigenvalue weighted by Gasteiger charge is 2.27. The summed E-state index contributed by atoms with van der Waals surface area (Å²) in [5.74, 6) is 0.891. The molecule has 0 amide bonds. The Kier molecular flexibility index (Phi) is 6.85. The van der Waals surface area contributed by atoms with E-state index in [0.29, 0.717) is 5.75 Å². The maximum Gasteiger partial charge on any atom is 0.259 e. The predicted octanol–water partition coefficient (Wildman–Crippen LogP) is 3.03. The highest BCUT2D eigenvalue weighted by atomic mass is 35.5. The number of sulfonamides is 1. The van der Waals surface area contributed by atoms with Gasteiger partial charge in [0.15, 0.2) is 5.03 Å². The molecule has 1 heterocycles. The summed E-state index contributed by atoms with van der Waals surface area (Å²) in [6.07, 6.45) is 5.62. The molecular formula is C23H27ClN4O3S. The zero-order chi connectivity index (χ0) is 22.7. The van der Waals surface area contributed by atoms with Crippen LogP contribution in [-0.4, -0.2) is 37.2 Å². The molecule has 0 bridgehead atoms. The van der Waals surface area contributed by atoms with E-state index in [9.17, 15) is 8.42 Å². The highest BCUT2D eigenvalue weighted by Crippen LogP contribution is 2.36. The number of hydrogen-bond donors (Lipinski definition) is 2. The second-order valence-electron chi connectivity index (χ2n) is 8.12. The molecule has 32 heavy (non-hydrogen) atoms. The molecule has 2 unspecified atom stereocenters. The quantitative estimate of drug-likeness (QED) is 0.489. The summed E-state index contributed by atoms with van der Waals surface area (Å²) in [7, 11) is -1.93. The molecule has 1 aliphatic rings. The van der Waals surface area contributed by atoms with Crippen molar-refractivity contribution in [2.75, 3.05) is 13.2 Å². The normalized spacial score (nSPS) is 18.3. The van der Waals surface area contributed by atoms with Gasteiger partial charge in [-0.1, -0.05) is 29.8 Å². The van der Waals surface area contributed by atoms with Crippen molar-refractivity contribution >= 4 is 21.6 Å². The molecule has 2 aromatic carbocycles. The van der Waals surface area contributed by atoms with Gasteiger partial charge in [0, 0.05) is 36.8 Å². The number of imidazole rings is 1. The van der Waals surface area contributed by atoms with Crippen molar-refractivity contribution in [3.63, 3.8) is 0 Å². The summed E-state index contributed by atoms with van der Waals surface area (Å²) in [6, 6.07) is 14.0. The van der Waals surface area contributed by atoms with E-state index in [1.165, 1.54) is 29.2 Å². The molecule has 0 spiro atoms. The van der Waals surface area contributed by atoms with Gasteiger partial charge in [0.25, 0.3) is 10.0 Å². The van der Waals surface area contributed by atoms with E-state index in [0.717, 1.165) is 24.3 Å². The summed E-state index contributed by atoms with van der Waals surface area (Å²) < 4.78 is 34.5. The van der Waals surface area contributed by atoms with Crippen molar-refractivity contribution in [1.29, 1.82) is 0 Å². The fraction of sp³-hybridized carbons (Fsp3) is 0.348. The third kappa shape index (κ3) is 5.32. The van der Waals surface area contributed by atoms with Crippen molar-refractivity contribution in [3.8, 4) is 5.75 Å². The molecule has 0 fully saturated rings. The van der Waals surface area contributed by atoms with Gasteiger partial charge in [-0.05, 0) is 60.2 Å². The molecule has 0 saturated heterocycles. The molecule has 170 valence electrons. The summed E-state index contributed by atoms with van der Waals surface area (Å²) in [4.78, 5) is 3.88. The van der Waals surface area contributed by atoms with Crippen LogP contribution in [0.5, 0.6) is 5.75 Å². The smallest absolute Gasteiger partial charge is 0.259 e. The fourth-order valence-corrected chi connectivity index (χ4v) is 5.19. The number of ether oxygens (including phenoxy) is 1. The van der Waals surface area contributed by atoms with E-state index in [4.69, 9.17) is 22.1 Å². The Morgan fingerprint density at radius 2 is 2.03 bits per heavy atom. The van der Waals surface area contributed by atoms with Gasteiger partial charge < -0.3 is 15.0 Å². The first-order valence-corrected chi connectivity index (χ1v) is 12.4. The van der Waals surface area contributed by atoms with E-state index in [-0.39, 0.29) is 30.1 Å².